The van der Waals surface area contributed by atoms with E-state index in [0.717, 1.165) is 18.5 Å². The minimum atomic E-state index is -4.41. The summed E-state index contributed by atoms with van der Waals surface area (Å²) in [6.07, 6.45) is 0. The van der Waals surface area contributed by atoms with Gasteiger partial charge in [-0.2, -0.15) is 0 Å². The maximum absolute atomic E-state index is 13.4. The van der Waals surface area contributed by atoms with Gasteiger partial charge >= 0.3 is 5.95 Å². The van der Waals surface area contributed by atoms with Gasteiger partial charge in [-0.15, -0.1) is 0 Å². The highest BCUT2D eigenvalue weighted by Crippen LogP contribution is 2.20. The van der Waals surface area contributed by atoms with Gasteiger partial charge in [-0.25, -0.2) is 21.9 Å². The first-order chi connectivity index (χ1) is 11.1. The Hall–Kier alpha value is -2.17. The van der Waals surface area contributed by atoms with Crippen LogP contribution in [0.3, 0.4) is 0 Å². The zero-order valence-corrected chi connectivity index (χ0v) is 14.8. The smallest absolute Gasteiger partial charge is 0.421 e. The second kappa shape index (κ2) is 8.08. The van der Waals surface area contributed by atoms with Gasteiger partial charge in [0, 0.05) is 5.11 Å². The van der Waals surface area contributed by atoms with Crippen molar-refractivity contribution < 1.29 is 26.1 Å². The summed E-state index contributed by atoms with van der Waals surface area (Å²) in [6, 6.07) is 6.33. The summed E-state index contributed by atoms with van der Waals surface area (Å²) in [4.78, 5) is 0. The lowest BCUT2D eigenvalue weighted by Gasteiger charge is -1.98. The zero-order chi connectivity index (χ0) is 18.5. The van der Waals surface area contributed by atoms with Crippen LogP contribution >= 0.6 is 0 Å². The van der Waals surface area contributed by atoms with Gasteiger partial charge in [0.2, 0.25) is 10.4 Å². The summed E-state index contributed by atoms with van der Waals surface area (Å²) in [6.45, 7) is 4.02. The van der Waals surface area contributed by atoms with Gasteiger partial charge in [0.25, 0.3) is 0 Å². The molecule has 0 unspecified atom stereocenters. The molecule has 2 aromatic rings. The van der Waals surface area contributed by atoms with E-state index >= 15 is 0 Å². The standard InChI is InChI=1S/C13H16FN4.CH4O4S/c1-9-10(2)18(4)13(17(9)3)16-15-12-8-6-5-7-11(12)14;1-5-6(2,3)4/h5-8H,1-4H3;1H3,(H,2,3,4)/q+1;/p-1. The van der Waals surface area contributed by atoms with Gasteiger partial charge in [-0.1, -0.05) is 17.2 Å². The van der Waals surface area contributed by atoms with Crippen LogP contribution in [0.1, 0.15) is 11.4 Å². The number of halogens is 1. The third-order valence-corrected chi connectivity index (χ3v) is 3.84. The van der Waals surface area contributed by atoms with E-state index < -0.39 is 10.4 Å². The van der Waals surface area contributed by atoms with Gasteiger partial charge < -0.3 is 4.55 Å². The second-order valence-corrected chi connectivity index (χ2v) is 5.97. The molecule has 0 radical (unpaired) electrons. The van der Waals surface area contributed by atoms with Crippen molar-refractivity contribution in [2.75, 3.05) is 7.11 Å². The highest BCUT2D eigenvalue weighted by molar-refractivity contribution is 7.80. The van der Waals surface area contributed by atoms with E-state index in [9.17, 15) is 17.4 Å². The second-order valence-electron chi connectivity index (χ2n) is 4.82. The first-order valence-corrected chi connectivity index (χ1v) is 8.11. The average Bonchev–Trinajstić information content (AvgIpc) is 2.71. The fraction of sp³-hybridized carbons (Fsp3) is 0.357. The third-order valence-electron chi connectivity index (χ3n) is 3.43. The predicted octanol–water partition coefficient (Wildman–Crippen LogP) is 2.11. The number of aromatic nitrogens is 2. The van der Waals surface area contributed by atoms with Gasteiger partial charge in [0.1, 0.15) is 17.1 Å². The molecule has 0 aliphatic heterocycles. The maximum Gasteiger partial charge on any atom is 0.421 e. The van der Waals surface area contributed by atoms with Crippen LogP contribution in [-0.2, 0) is 28.7 Å². The van der Waals surface area contributed by atoms with Gasteiger partial charge in [0.05, 0.1) is 21.2 Å². The summed E-state index contributed by atoms with van der Waals surface area (Å²) in [5.41, 5.74) is 2.47. The number of rotatable bonds is 3. The van der Waals surface area contributed by atoms with Crippen LogP contribution in [0.4, 0.5) is 16.0 Å². The summed E-state index contributed by atoms with van der Waals surface area (Å²) < 4.78 is 48.3. The molecular formula is C14H19FN4O4S. The Morgan fingerprint density at radius 2 is 1.79 bits per heavy atom. The summed E-state index contributed by atoms with van der Waals surface area (Å²) >= 11 is 0. The first-order valence-electron chi connectivity index (χ1n) is 6.78. The highest BCUT2D eigenvalue weighted by atomic mass is 32.3. The molecule has 0 aliphatic rings. The van der Waals surface area contributed by atoms with Crippen LogP contribution in [0.15, 0.2) is 34.5 Å². The fourth-order valence-electron chi connectivity index (χ4n) is 1.78. The molecule has 0 saturated heterocycles. The van der Waals surface area contributed by atoms with Crippen LogP contribution < -0.4 is 4.57 Å². The maximum atomic E-state index is 13.4. The van der Waals surface area contributed by atoms with Crippen molar-refractivity contribution in [1.82, 2.24) is 4.57 Å². The quantitative estimate of drug-likeness (QED) is 0.363. The molecule has 0 aliphatic carbocycles. The first kappa shape index (κ1) is 19.9. The molecule has 1 aromatic heterocycles. The molecule has 0 amide bonds. The van der Waals surface area contributed by atoms with Crippen molar-refractivity contribution in [3.63, 3.8) is 0 Å². The van der Waals surface area contributed by atoms with E-state index in [-0.39, 0.29) is 11.5 Å². The van der Waals surface area contributed by atoms with Crippen molar-refractivity contribution >= 4 is 22.0 Å². The number of azo groups is 1. The van der Waals surface area contributed by atoms with E-state index in [1.165, 1.54) is 6.07 Å². The molecule has 10 heteroatoms. The Morgan fingerprint density at radius 1 is 1.25 bits per heavy atom. The van der Waals surface area contributed by atoms with Crippen LogP contribution in [0, 0.1) is 19.7 Å². The molecule has 0 bridgehead atoms. The lowest BCUT2D eigenvalue weighted by Crippen LogP contribution is -2.29. The van der Waals surface area contributed by atoms with Crippen LogP contribution in [0.25, 0.3) is 0 Å². The van der Waals surface area contributed by atoms with Gasteiger partial charge in [-0.05, 0) is 26.0 Å². The molecule has 1 heterocycles. The zero-order valence-electron chi connectivity index (χ0n) is 14.0. The minimum absolute atomic E-state index is 0.244. The molecule has 0 N–H and O–H groups in total. The van der Waals surface area contributed by atoms with E-state index in [4.69, 9.17) is 0 Å². The van der Waals surface area contributed by atoms with Crippen LogP contribution in [-0.4, -0.2) is 24.6 Å². The third kappa shape index (κ3) is 5.18. The topological polar surface area (TPSA) is 100.0 Å². The van der Waals surface area contributed by atoms with Crippen LogP contribution in [0.2, 0.25) is 0 Å². The normalized spacial score (nSPS) is 11.5. The number of hydrogen-bond donors (Lipinski definition) is 0. The lowest BCUT2D eigenvalue weighted by atomic mass is 10.3. The Balaban J connectivity index is 0.000000413. The summed E-state index contributed by atoms with van der Waals surface area (Å²) in [5, 5.41) is 8.09. The molecule has 1 aromatic carbocycles. The Bertz CT molecular complexity index is 821. The minimum Gasteiger partial charge on any atom is -0.726 e. The van der Waals surface area contributed by atoms with E-state index in [1.54, 1.807) is 18.2 Å². The predicted molar refractivity (Wildman–Crippen MR) is 83.3 cm³/mol. The number of hydrogen-bond acceptors (Lipinski definition) is 6. The van der Waals surface area contributed by atoms with Gasteiger partial charge in [0.15, 0.2) is 5.82 Å². The van der Waals surface area contributed by atoms with Crippen molar-refractivity contribution in [2.45, 2.75) is 13.8 Å². The molecule has 0 saturated carbocycles. The van der Waals surface area contributed by atoms with E-state index in [2.05, 4.69) is 14.4 Å². The summed E-state index contributed by atoms with van der Waals surface area (Å²) in [5.74, 6) is 0.319. The average molecular weight is 358 g/mol. The molecule has 24 heavy (non-hydrogen) atoms. The SMILES string of the molecule is COS(=O)(=O)[O-].Cc1c(C)[n+](C)c(N=Nc2ccccc2F)n1C. The lowest BCUT2D eigenvalue weighted by molar-refractivity contribution is -0.664. The Kier molecular flexibility index (Phi) is 6.70. The van der Waals surface area contributed by atoms with Crippen LogP contribution in [0.5, 0.6) is 0 Å². The van der Waals surface area contributed by atoms with Crippen molar-refractivity contribution in [1.29, 1.82) is 0 Å². The molecule has 8 nitrogen and oxygen atoms in total. The van der Waals surface area contributed by atoms with E-state index in [1.807, 2.05) is 37.1 Å². The molecule has 132 valence electrons. The van der Waals surface area contributed by atoms with Gasteiger partial charge in [-0.3, -0.25) is 4.18 Å². The number of imidazole rings is 1. The Labute approximate surface area is 140 Å². The summed E-state index contributed by atoms with van der Waals surface area (Å²) in [7, 11) is 0.225. The fourth-order valence-corrected chi connectivity index (χ4v) is 1.78. The highest BCUT2D eigenvalue weighted by Gasteiger charge is 2.19. The monoisotopic (exact) mass is 358 g/mol. The molecule has 0 fully saturated rings. The number of nitrogens with zero attached hydrogens (tertiary/aromatic N) is 4. The molecular weight excluding hydrogens is 339 g/mol. The molecule has 0 spiro atoms. The molecule has 2 rings (SSSR count). The Morgan fingerprint density at radius 3 is 2.21 bits per heavy atom. The number of benzene rings is 1. The largest absolute Gasteiger partial charge is 0.726 e. The molecule has 0 atom stereocenters. The van der Waals surface area contributed by atoms with Crippen molar-refractivity contribution in [3.05, 3.63) is 41.5 Å². The van der Waals surface area contributed by atoms with Crippen molar-refractivity contribution in [2.24, 2.45) is 24.3 Å². The van der Waals surface area contributed by atoms with E-state index in [0.29, 0.717) is 5.95 Å². The van der Waals surface area contributed by atoms with Crippen molar-refractivity contribution in [3.8, 4) is 0 Å².